The number of hydrogen-bond donors (Lipinski definition) is 2. The highest BCUT2D eigenvalue weighted by Crippen LogP contribution is 2.49. The summed E-state index contributed by atoms with van der Waals surface area (Å²) in [4.78, 5) is 16.7. The molecule has 6 nitrogen and oxygen atoms in total. The number of hydrogen-bond acceptors (Lipinski definition) is 3. The quantitative estimate of drug-likeness (QED) is 0.535. The zero-order valence-corrected chi connectivity index (χ0v) is 17.2. The molecule has 2 aromatic carbocycles. The molecule has 5 rings (SSSR count). The Bertz CT molecular complexity index is 1260. The molecule has 0 unspecified atom stereocenters. The second kappa shape index (κ2) is 5.92. The van der Waals surface area contributed by atoms with Gasteiger partial charge < -0.3 is 10.3 Å². The maximum atomic E-state index is 13.2. The van der Waals surface area contributed by atoms with E-state index < -0.39 is 5.41 Å². The molecule has 2 N–H and O–H groups in total. The fourth-order valence-corrected chi connectivity index (χ4v) is 3.98. The van der Waals surface area contributed by atoms with E-state index in [1.807, 2.05) is 43.4 Å². The van der Waals surface area contributed by atoms with E-state index in [4.69, 9.17) is 0 Å². The molecule has 1 fully saturated rings. The van der Waals surface area contributed by atoms with Crippen molar-refractivity contribution >= 4 is 33.5 Å². The molecule has 1 amide bonds. The summed E-state index contributed by atoms with van der Waals surface area (Å²) in [5.74, 6) is 0.0478. The minimum Gasteiger partial charge on any atom is -0.358 e. The number of carbonyl (C=O) groups is 1. The summed E-state index contributed by atoms with van der Waals surface area (Å²) in [6.45, 7) is 6.56. The van der Waals surface area contributed by atoms with Crippen LogP contribution in [0, 0.1) is 0 Å². The number of fused-ring (bicyclic) bond motifs is 2. The summed E-state index contributed by atoms with van der Waals surface area (Å²) < 4.78 is 1.75. The highest BCUT2D eigenvalue weighted by molar-refractivity contribution is 6.03. The fraction of sp³-hybridized carbons (Fsp3) is 0.348. The Kier molecular flexibility index (Phi) is 3.66. The Morgan fingerprint density at radius 3 is 2.69 bits per heavy atom. The molecule has 150 valence electrons. The molecule has 0 aliphatic heterocycles. The zero-order valence-electron chi connectivity index (χ0n) is 17.2. The van der Waals surface area contributed by atoms with Gasteiger partial charge in [-0.05, 0) is 54.8 Å². The Morgan fingerprint density at radius 1 is 1.17 bits per heavy atom. The summed E-state index contributed by atoms with van der Waals surface area (Å²) in [6, 6.07) is 14.2. The molecule has 0 atom stereocenters. The maximum Gasteiger partial charge on any atom is 0.235 e. The van der Waals surface area contributed by atoms with E-state index in [1.54, 1.807) is 4.68 Å². The molecule has 0 saturated heterocycles. The highest BCUT2D eigenvalue weighted by Gasteiger charge is 2.51. The van der Waals surface area contributed by atoms with Crippen LogP contribution in [-0.4, -0.2) is 25.9 Å². The molecule has 1 aliphatic rings. The molecule has 2 aromatic heterocycles. The second-order valence-corrected chi connectivity index (χ2v) is 9.19. The van der Waals surface area contributed by atoms with Crippen molar-refractivity contribution in [1.82, 2.24) is 20.0 Å². The van der Waals surface area contributed by atoms with Crippen LogP contribution < -0.4 is 5.32 Å². The average Bonchev–Trinajstić information content (AvgIpc) is 3.25. The van der Waals surface area contributed by atoms with Crippen LogP contribution in [0.15, 0.2) is 42.5 Å². The molecule has 0 spiro atoms. The number of anilines is 1. The van der Waals surface area contributed by atoms with Crippen LogP contribution in [0.3, 0.4) is 0 Å². The molecule has 1 aliphatic carbocycles. The lowest BCUT2D eigenvalue weighted by Crippen LogP contribution is -2.27. The Labute approximate surface area is 170 Å². The number of nitrogens with one attached hydrogen (secondary N) is 2. The second-order valence-electron chi connectivity index (χ2n) is 9.19. The summed E-state index contributed by atoms with van der Waals surface area (Å²) >= 11 is 0. The molecule has 0 radical (unpaired) electrons. The number of nitrogens with zero attached hydrogens (tertiary/aromatic N) is 3. The third-order valence-corrected chi connectivity index (χ3v) is 6.03. The molecule has 0 bridgehead atoms. The molecule has 2 heterocycles. The first kappa shape index (κ1) is 17.9. The largest absolute Gasteiger partial charge is 0.358 e. The standard InChI is InChI=1S/C23H25N5O.H2/c1-22(2,3)20-12-14-11-16(6-7-17(14)25-20)24-21(29)23(9-10-23)15-5-8-19-18(13-15)26-27-28(19)4;/h5-8,11-13,25H,9-10H2,1-4H3,(H,24,29);1H. The Balaban J connectivity index is 0.00000218. The van der Waals surface area contributed by atoms with E-state index in [9.17, 15) is 4.79 Å². The smallest absolute Gasteiger partial charge is 0.235 e. The van der Waals surface area contributed by atoms with Gasteiger partial charge in [0.15, 0.2) is 0 Å². The number of amides is 1. The molecule has 1 saturated carbocycles. The Morgan fingerprint density at radius 2 is 1.97 bits per heavy atom. The van der Waals surface area contributed by atoms with Crippen molar-refractivity contribution in [3.05, 3.63) is 53.7 Å². The molecule has 4 aromatic rings. The van der Waals surface area contributed by atoms with Crippen LogP contribution >= 0.6 is 0 Å². The van der Waals surface area contributed by atoms with E-state index in [1.165, 1.54) is 5.69 Å². The van der Waals surface area contributed by atoms with Gasteiger partial charge in [-0.15, -0.1) is 5.10 Å². The van der Waals surface area contributed by atoms with Crippen molar-refractivity contribution in [3.63, 3.8) is 0 Å². The lowest BCUT2D eigenvalue weighted by Gasteiger charge is -2.16. The van der Waals surface area contributed by atoms with E-state index in [-0.39, 0.29) is 12.7 Å². The van der Waals surface area contributed by atoms with Crippen LogP contribution in [0.5, 0.6) is 0 Å². The SMILES string of the molecule is Cn1nnc2cc(C3(C(=O)Nc4ccc5[nH]c(C(C)(C)C)cc5c4)CC3)ccc21.[HH]. The van der Waals surface area contributed by atoms with Crippen molar-refractivity contribution in [2.45, 2.75) is 44.4 Å². The minimum absolute atomic E-state index is 0. The number of H-pyrrole nitrogens is 1. The van der Waals surface area contributed by atoms with Crippen molar-refractivity contribution in [2.24, 2.45) is 7.05 Å². The van der Waals surface area contributed by atoms with Crippen LogP contribution in [0.2, 0.25) is 0 Å². The lowest BCUT2D eigenvalue weighted by molar-refractivity contribution is -0.118. The van der Waals surface area contributed by atoms with Crippen molar-refractivity contribution in [2.75, 3.05) is 5.32 Å². The predicted molar refractivity (Wildman–Crippen MR) is 117 cm³/mol. The van der Waals surface area contributed by atoms with E-state index >= 15 is 0 Å². The first-order valence-corrected chi connectivity index (χ1v) is 10.0. The van der Waals surface area contributed by atoms with Crippen LogP contribution in [0.25, 0.3) is 21.9 Å². The van der Waals surface area contributed by atoms with Crippen molar-refractivity contribution in [1.29, 1.82) is 0 Å². The summed E-state index contributed by atoms with van der Waals surface area (Å²) in [6.07, 6.45) is 1.70. The van der Waals surface area contributed by atoms with Gasteiger partial charge in [0.05, 0.1) is 10.9 Å². The first-order chi connectivity index (χ1) is 13.8. The fourth-order valence-electron chi connectivity index (χ4n) is 3.98. The van der Waals surface area contributed by atoms with E-state index in [2.05, 4.69) is 47.5 Å². The monoisotopic (exact) mass is 389 g/mol. The van der Waals surface area contributed by atoms with Crippen LogP contribution in [0.4, 0.5) is 5.69 Å². The van der Waals surface area contributed by atoms with E-state index in [0.29, 0.717) is 0 Å². The van der Waals surface area contributed by atoms with Crippen LogP contribution in [0.1, 0.15) is 46.3 Å². The lowest BCUT2D eigenvalue weighted by atomic mass is 9.92. The summed E-state index contributed by atoms with van der Waals surface area (Å²) in [7, 11) is 1.87. The topological polar surface area (TPSA) is 75.6 Å². The zero-order chi connectivity index (χ0) is 20.4. The number of benzene rings is 2. The maximum absolute atomic E-state index is 13.2. The number of aromatic amines is 1. The van der Waals surface area contributed by atoms with Gasteiger partial charge in [0.2, 0.25) is 5.91 Å². The van der Waals surface area contributed by atoms with Gasteiger partial charge in [-0.3, -0.25) is 4.79 Å². The molecular formula is C23H27N5O. The number of carbonyl (C=O) groups excluding carboxylic acids is 1. The van der Waals surface area contributed by atoms with Crippen LogP contribution in [-0.2, 0) is 22.7 Å². The normalized spacial score (nSPS) is 15.7. The number of aromatic nitrogens is 4. The number of aryl methyl sites for hydroxylation is 1. The van der Waals surface area contributed by atoms with Gasteiger partial charge in [0.1, 0.15) is 5.52 Å². The summed E-state index contributed by atoms with van der Waals surface area (Å²) in [5, 5.41) is 12.5. The molecular weight excluding hydrogens is 362 g/mol. The van der Waals surface area contributed by atoms with Crippen molar-refractivity contribution in [3.8, 4) is 0 Å². The van der Waals surface area contributed by atoms with Gasteiger partial charge >= 0.3 is 0 Å². The van der Waals surface area contributed by atoms with Gasteiger partial charge in [-0.2, -0.15) is 0 Å². The van der Waals surface area contributed by atoms with Gasteiger partial charge in [-0.25, -0.2) is 4.68 Å². The van der Waals surface area contributed by atoms with Crippen molar-refractivity contribution < 1.29 is 6.22 Å². The minimum atomic E-state index is -0.463. The third-order valence-electron chi connectivity index (χ3n) is 6.03. The number of rotatable bonds is 3. The van der Waals surface area contributed by atoms with Gasteiger partial charge in [0.25, 0.3) is 0 Å². The summed E-state index contributed by atoms with van der Waals surface area (Å²) in [5.41, 5.74) is 5.50. The molecule has 6 heteroatoms. The molecule has 29 heavy (non-hydrogen) atoms. The van der Waals surface area contributed by atoms with E-state index in [0.717, 1.165) is 46.0 Å². The Hall–Kier alpha value is -3.15. The van der Waals surface area contributed by atoms with Gasteiger partial charge in [0, 0.05) is 36.2 Å². The van der Waals surface area contributed by atoms with Gasteiger partial charge in [-0.1, -0.05) is 32.1 Å². The first-order valence-electron chi connectivity index (χ1n) is 10.0. The highest BCUT2D eigenvalue weighted by atomic mass is 16.2. The predicted octanol–water partition coefficient (Wildman–Crippen LogP) is 4.66. The average molecular weight is 390 g/mol. The third kappa shape index (κ3) is 2.90.